The average molecular weight is 298 g/mol. The highest BCUT2D eigenvalue weighted by Gasteiger charge is 2.23. The highest BCUT2D eigenvalue weighted by molar-refractivity contribution is 6.13. The predicted octanol–water partition coefficient (Wildman–Crippen LogP) is -0.405. The van der Waals surface area contributed by atoms with Crippen molar-refractivity contribution in [3.8, 4) is 0 Å². The van der Waals surface area contributed by atoms with Crippen LogP contribution in [0.25, 0.3) is 0 Å². The molecule has 7 heteroatoms. The van der Waals surface area contributed by atoms with Gasteiger partial charge in [-0.1, -0.05) is 0 Å². The molecule has 1 heterocycles. The van der Waals surface area contributed by atoms with E-state index in [4.69, 9.17) is 9.84 Å². The molecule has 118 valence electrons. The van der Waals surface area contributed by atoms with Crippen molar-refractivity contribution in [3.63, 3.8) is 0 Å². The Morgan fingerprint density at radius 3 is 2.52 bits per heavy atom. The lowest BCUT2D eigenvalue weighted by atomic mass is 10.1. The highest BCUT2D eigenvalue weighted by Crippen LogP contribution is 2.07. The van der Waals surface area contributed by atoms with Crippen molar-refractivity contribution in [3.05, 3.63) is 12.2 Å². The minimum Gasteiger partial charge on any atom is -0.393 e. The number of hydrogen-bond donors (Lipinski definition) is 2. The summed E-state index contributed by atoms with van der Waals surface area (Å²) in [7, 11) is 0. The van der Waals surface area contributed by atoms with E-state index in [1.54, 1.807) is 13.8 Å². The van der Waals surface area contributed by atoms with Gasteiger partial charge in [-0.05, 0) is 20.3 Å². The summed E-state index contributed by atoms with van der Waals surface area (Å²) < 4.78 is 5.42. The highest BCUT2D eigenvalue weighted by atomic mass is 16.5. The van der Waals surface area contributed by atoms with Crippen molar-refractivity contribution in [1.82, 2.24) is 10.2 Å². The van der Waals surface area contributed by atoms with Gasteiger partial charge in [-0.2, -0.15) is 0 Å². The van der Waals surface area contributed by atoms with Gasteiger partial charge in [0.05, 0.1) is 12.2 Å². The van der Waals surface area contributed by atoms with Gasteiger partial charge in [0, 0.05) is 38.3 Å². The molecular weight excluding hydrogens is 276 g/mol. The van der Waals surface area contributed by atoms with Crippen molar-refractivity contribution < 1.29 is 24.2 Å². The molecule has 3 amide bonds. The van der Waals surface area contributed by atoms with Crippen LogP contribution in [0.2, 0.25) is 0 Å². The van der Waals surface area contributed by atoms with Crippen LogP contribution in [0.5, 0.6) is 0 Å². The molecule has 2 N–H and O–H groups in total. The molecule has 0 unspecified atom stereocenters. The summed E-state index contributed by atoms with van der Waals surface area (Å²) in [5.41, 5.74) is -0.576. The molecule has 0 aliphatic carbocycles. The molecule has 0 spiro atoms. The van der Waals surface area contributed by atoms with Gasteiger partial charge >= 0.3 is 0 Å². The van der Waals surface area contributed by atoms with Gasteiger partial charge < -0.3 is 15.2 Å². The Kier molecular flexibility index (Phi) is 6.51. The summed E-state index contributed by atoms with van der Waals surface area (Å²) in [6.45, 7) is 4.46. The van der Waals surface area contributed by atoms with Crippen molar-refractivity contribution in [2.45, 2.75) is 32.3 Å². The number of carbonyl (C=O) groups is 3. The van der Waals surface area contributed by atoms with E-state index >= 15 is 0 Å². The minimum atomic E-state index is -0.576. The number of hydrogen-bond acceptors (Lipinski definition) is 5. The normalized spacial score (nSPS) is 14.9. The van der Waals surface area contributed by atoms with Gasteiger partial charge in [-0.15, -0.1) is 0 Å². The molecule has 1 aliphatic rings. The van der Waals surface area contributed by atoms with E-state index in [0.717, 1.165) is 4.90 Å². The van der Waals surface area contributed by atoms with E-state index in [1.165, 1.54) is 12.2 Å². The van der Waals surface area contributed by atoms with Crippen LogP contribution in [-0.2, 0) is 19.1 Å². The van der Waals surface area contributed by atoms with Crippen LogP contribution in [0.3, 0.4) is 0 Å². The molecule has 0 saturated heterocycles. The first kappa shape index (κ1) is 17.3. The summed E-state index contributed by atoms with van der Waals surface area (Å²) >= 11 is 0. The summed E-state index contributed by atoms with van der Waals surface area (Å²) in [5, 5.41) is 11.7. The first-order valence-corrected chi connectivity index (χ1v) is 6.91. The van der Waals surface area contributed by atoms with Gasteiger partial charge in [0.15, 0.2) is 0 Å². The van der Waals surface area contributed by atoms with Crippen LogP contribution in [0.4, 0.5) is 0 Å². The zero-order valence-corrected chi connectivity index (χ0v) is 12.4. The van der Waals surface area contributed by atoms with E-state index in [1.807, 2.05) is 0 Å². The maximum Gasteiger partial charge on any atom is 0.253 e. The Bertz CT molecular complexity index is 413. The smallest absolute Gasteiger partial charge is 0.253 e. The molecule has 0 atom stereocenters. The Balaban J connectivity index is 2.10. The molecule has 7 nitrogen and oxygen atoms in total. The maximum atomic E-state index is 11.6. The first-order chi connectivity index (χ1) is 9.85. The van der Waals surface area contributed by atoms with Crippen LogP contribution >= 0.6 is 0 Å². The molecule has 1 aliphatic heterocycles. The number of nitrogens with zero attached hydrogens (tertiary/aromatic N) is 1. The molecule has 0 fully saturated rings. The molecule has 0 aromatic rings. The number of imide groups is 1. The fraction of sp³-hybridized carbons (Fsp3) is 0.643. The fourth-order valence-electron chi connectivity index (χ4n) is 1.65. The quantitative estimate of drug-likeness (QED) is 0.446. The molecule has 0 aromatic heterocycles. The summed E-state index contributed by atoms with van der Waals surface area (Å²) in [4.78, 5) is 35.1. The summed E-state index contributed by atoms with van der Waals surface area (Å²) in [5.74, 6) is -0.983. The number of carbonyl (C=O) groups excluding carboxylic acids is 3. The molecule has 0 radical (unpaired) electrons. The second-order valence-electron chi connectivity index (χ2n) is 5.38. The van der Waals surface area contributed by atoms with Crippen molar-refractivity contribution in [2.24, 2.45) is 0 Å². The van der Waals surface area contributed by atoms with Crippen molar-refractivity contribution in [1.29, 1.82) is 0 Å². The lowest BCUT2D eigenvalue weighted by Crippen LogP contribution is -2.35. The topological polar surface area (TPSA) is 95.9 Å². The zero-order valence-electron chi connectivity index (χ0n) is 12.4. The standard InChI is InChI=1S/C14H22N2O5/c1-14(2,10-17)21-9-3-7-15-11(18)6-8-16-12(19)4-5-13(16)20/h4-5,17H,3,6-10H2,1-2H3,(H,15,18). The van der Waals surface area contributed by atoms with E-state index in [2.05, 4.69) is 5.32 Å². The molecule has 0 saturated carbocycles. The Morgan fingerprint density at radius 1 is 1.33 bits per heavy atom. The summed E-state index contributed by atoms with van der Waals surface area (Å²) in [6.07, 6.45) is 3.10. The monoisotopic (exact) mass is 298 g/mol. The third-order valence-electron chi connectivity index (χ3n) is 2.98. The number of rotatable bonds is 9. The van der Waals surface area contributed by atoms with Gasteiger partial charge in [0.25, 0.3) is 11.8 Å². The molecule has 1 rings (SSSR count). The minimum absolute atomic E-state index is 0.0642. The van der Waals surface area contributed by atoms with E-state index in [9.17, 15) is 14.4 Å². The number of aliphatic hydroxyl groups is 1. The molecule has 0 bridgehead atoms. The lowest BCUT2D eigenvalue weighted by Gasteiger charge is -2.22. The second-order valence-corrected chi connectivity index (χ2v) is 5.38. The van der Waals surface area contributed by atoms with Crippen LogP contribution in [0, 0.1) is 0 Å². The predicted molar refractivity (Wildman–Crippen MR) is 75.2 cm³/mol. The molecular formula is C14H22N2O5. The Morgan fingerprint density at radius 2 is 1.95 bits per heavy atom. The zero-order chi connectivity index (χ0) is 15.9. The number of aliphatic hydroxyl groups excluding tert-OH is 1. The van der Waals surface area contributed by atoms with E-state index in [-0.39, 0.29) is 37.3 Å². The summed E-state index contributed by atoms with van der Waals surface area (Å²) in [6, 6.07) is 0. The largest absolute Gasteiger partial charge is 0.393 e. The van der Waals surface area contributed by atoms with Gasteiger partial charge in [0.1, 0.15) is 0 Å². The Hall–Kier alpha value is -1.73. The van der Waals surface area contributed by atoms with Gasteiger partial charge in [-0.3, -0.25) is 19.3 Å². The number of amides is 3. The van der Waals surface area contributed by atoms with Crippen LogP contribution in [0.15, 0.2) is 12.2 Å². The van der Waals surface area contributed by atoms with E-state index in [0.29, 0.717) is 19.6 Å². The Labute approximate surface area is 123 Å². The third kappa shape index (κ3) is 6.05. The third-order valence-corrected chi connectivity index (χ3v) is 2.98. The van der Waals surface area contributed by atoms with Crippen LogP contribution < -0.4 is 5.32 Å². The number of nitrogens with one attached hydrogen (secondary N) is 1. The fourth-order valence-corrected chi connectivity index (χ4v) is 1.65. The first-order valence-electron chi connectivity index (χ1n) is 6.91. The average Bonchev–Trinajstić information content (AvgIpc) is 2.75. The van der Waals surface area contributed by atoms with Crippen LogP contribution in [0.1, 0.15) is 26.7 Å². The number of ether oxygens (including phenoxy) is 1. The molecule has 21 heavy (non-hydrogen) atoms. The van der Waals surface area contributed by atoms with E-state index < -0.39 is 5.60 Å². The maximum absolute atomic E-state index is 11.6. The second kappa shape index (κ2) is 7.90. The van der Waals surface area contributed by atoms with Gasteiger partial charge in [0.2, 0.25) is 5.91 Å². The lowest BCUT2D eigenvalue weighted by molar-refractivity contribution is -0.137. The van der Waals surface area contributed by atoms with Crippen LogP contribution in [-0.4, -0.2) is 59.6 Å². The molecule has 0 aromatic carbocycles. The van der Waals surface area contributed by atoms with Crippen molar-refractivity contribution >= 4 is 17.7 Å². The van der Waals surface area contributed by atoms with Crippen molar-refractivity contribution in [2.75, 3.05) is 26.3 Å². The van der Waals surface area contributed by atoms with Gasteiger partial charge in [-0.25, -0.2) is 0 Å². The SMILES string of the molecule is CC(C)(CO)OCCCNC(=O)CCN1C(=O)C=CC1=O.